The summed E-state index contributed by atoms with van der Waals surface area (Å²) in [5.41, 5.74) is 2.33. The maximum atomic E-state index is 13.5. The topological polar surface area (TPSA) is 68.6 Å². The number of ketones is 1. The highest BCUT2D eigenvalue weighted by Gasteiger charge is 2.33. The van der Waals surface area contributed by atoms with Gasteiger partial charge >= 0.3 is 5.97 Å². The molecule has 1 aromatic carbocycles. The van der Waals surface area contributed by atoms with E-state index >= 15 is 0 Å². The van der Waals surface area contributed by atoms with Gasteiger partial charge in [0.1, 0.15) is 5.69 Å². The molecular formula is C23H29ClN2O4. The number of nitrogens with zero attached hydrogens (tertiary/aromatic N) is 2. The first-order valence-corrected chi connectivity index (χ1v) is 10.2. The van der Waals surface area contributed by atoms with Crippen LogP contribution in [-0.2, 0) is 11.8 Å². The Balaban J connectivity index is 2.50. The molecule has 0 aliphatic carbocycles. The molecular weight excluding hydrogens is 404 g/mol. The van der Waals surface area contributed by atoms with Crippen molar-refractivity contribution in [1.82, 2.24) is 9.47 Å². The number of ether oxygens (including phenoxy) is 1. The fourth-order valence-corrected chi connectivity index (χ4v) is 3.89. The number of amides is 1. The van der Waals surface area contributed by atoms with E-state index in [2.05, 4.69) is 0 Å². The second kappa shape index (κ2) is 9.47. The molecule has 6 nitrogen and oxygen atoms in total. The first kappa shape index (κ1) is 23.7. The third kappa shape index (κ3) is 4.43. The van der Waals surface area contributed by atoms with Gasteiger partial charge in [-0.15, -0.1) is 0 Å². The number of carbonyl (C=O) groups is 3. The number of esters is 1. The third-order valence-electron chi connectivity index (χ3n) is 5.33. The molecule has 1 atom stereocenters. The SMILES string of the molecule is COC(=O)c1c(C)c(C(=O)C(C)N(CC(C)C)C(=O)c2ccccc2Cl)c(C)n1C. The predicted octanol–water partition coefficient (Wildman–Crippen LogP) is 4.45. The van der Waals surface area contributed by atoms with Gasteiger partial charge in [0.05, 0.1) is 23.7 Å². The number of rotatable bonds is 7. The van der Waals surface area contributed by atoms with Crippen LogP contribution in [0.5, 0.6) is 0 Å². The average molecular weight is 433 g/mol. The predicted molar refractivity (Wildman–Crippen MR) is 117 cm³/mol. The van der Waals surface area contributed by atoms with E-state index in [1.807, 2.05) is 13.8 Å². The maximum absolute atomic E-state index is 13.5. The lowest BCUT2D eigenvalue weighted by molar-refractivity contribution is 0.0587. The first-order valence-electron chi connectivity index (χ1n) is 9.86. The van der Waals surface area contributed by atoms with Crippen LogP contribution in [0.25, 0.3) is 0 Å². The van der Waals surface area contributed by atoms with Crippen molar-refractivity contribution in [3.8, 4) is 0 Å². The van der Waals surface area contributed by atoms with Gasteiger partial charge in [0, 0.05) is 24.8 Å². The Hall–Kier alpha value is -2.60. The van der Waals surface area contributed by atoms with Crippen LogP contribution in [0.2, 0.25) is 5.02 Å². The van der Waals surface area contributed by atoms with Crippen LogP contribution >= 0.6 is 11.6 Å². The second-order valence-electron chi connectivity index (χ2n) is 7.86. The smallest absolute Gasteiger partial charge is 0.354 e. The molecule has 0 radical (unpaired) electrons. The van der Waals surface area contributed by atoms with Gasteiger partial charge in [-0.25, -0.2) is 4.79 Å². The number of Topliss-reactive ketones (excluding diaryl/α,β-unsaturated/α-hetero) is 1. The summed E-state index contributed by atoms with van der Waals surface area (Å²) in [5, 5.41) is 0.343. The molecule has 7 heteroatoms. The van der Waals surface area contributed by atoms with E-state index in [-0.39, 0.29) is 17.6 Å². The van der Waals surface area contributed by atoms with E-state index in [0.717, 1.165) is 0 Å². The quantitative estimate of drug-likeness (QED) is 0.478. The van der Waals surface area contributed by atoms with Crippen LogP contribution in [0.15, 0.2) is 24.3 Å². The van der Waals surface area contributed by atoms with Gasteiger partial charge in [0.2, 0.25) is 0 Å². The summed E-state index contributed by atoms with van der Waals surface area (Å²) < 4.78 is 6.52. The largest absolute Gasteiger partial charge is 0.464 e. The molecule has 30 heavy (non-hydrogen) atoms. The Morgan fingerprint density at radius 2 is 1.73 bits per heavy atom. The molecule has 1 heterocycles. The van der Waals surface area contributed by atoms with Gasteiger partial charge in [-0.05, 0) is 44.4 Å². The number of carbonyl (C=O) groups excluding carboxylic acids is 3. The van der Waals surface area contributed by atoms with Crippen molar-refractivity contribution in [1.29, 1.82) is 0 Å². The fraction of sp³-hybridized carbons (Fsp3) is 0.435. The molecule has 2 rings (SSSR count). The lowest BCUT2D eigenvalue weighted by Gasteiger charge is -2.30. The van der Waals surface area contributed by atoms with Crippen molar-refractivity contribution < 1.29 is 19.1 Å². The van der Waals surface area contributed by atoms with Crippen LogP contribution in [0.3, 0.4) is 0 Å². The molecule has 0 aliphatic heterocycles. The van der Waals surface area contributed by atoms with E-state index in [9.17, 15) is 14.4 Å². The summed E-state index contributed by atoms with van der Waals surface area (Å²) in [7, 11) is 3.03. The van der Waals surface area contributed by atoms with Crippen molar-refractivity contribution in [3.63, 3.8) is 0 Å². The fourth-order valence-electron chi connectivity index (χ4n) is 3.68. The zero-order valence-corrected chi connectivity index (χ0v) is 19.3. The number of benzene rings is 1. The third-order valence-corrected chi connectivity index (χ3v) is 5.66. The zero-order valence-electron chi connectivity index (χ0n) is 18.6. The maximum Gasteiger partial charge on any atom is 0.354 e. The molecule has 1 aromatic heterocycles. The summed E-state index contributed by atoms with van der Waals surface area (Å²) in [6, 6.07) is 6.08. The second-order valence-corrected chi connectivity index (χ2v) is 8.26. The van der Waals surface area contributed by atoms with Crippen molar-refractivity contribution >= 4 is 29.3 Å². The molecule has 1 amide bonds. The summed E-state index contributed by atoms with van der Waals surface area (Å²) >= 11 is 6.24. The molecule has 0 bridgehead atoms. The van der Waals surface area contributed by atoms with Crippen LogP contribution < -0.4 is 0 Å². The zero-order chi connectivity index (χ0) is 22.7. The van der Waals surface area contributed by atoms with Crippen molar-refractivity contribution in [2.24, 2.45) is 13.0 Å². The van der Waals surface area contributed by atoms with Crippen LogP contribution in [0.4, 0.5) is 0 Å². The Labute approximate surface area is 182 Å². The van der Waals surface area contributed by atoms with E-state index < -0.39 is 12.0 Å². The summed E-state index contributed by atoms with van der Waals surface area (Å²) in [4.78, 5) is 40.5. The lowest BCUT2D eigenvalue weighted by Crippen LogP contribution is -2.45. The Morgan fingerprint density at radius 3 is 2.27 bits per heavy atom. The molecule has 162 valence electrons. The number of hydrogen-bond acceptors (Lipinski definition) is 4. The van der Waals surface area contributed by atoms with Gasteiger partial charge in [-0.1, -0.05) is 37.6 Å². The van der Waals surface area contributed by atoms with Gasteiger partial charge < -0.3 is 14.2 Å². The summed E-state index contributed by atoms with van der Waals surface area (Å²) in [5.74, 6) is -0.877. The van der Waals surface area contributed by atoms with E-state index in [1.165, 1.54) is 7.11 Å². The molecule has 2 aromatic rings. The van der Waals surface area contributed by atoms with Gasteiger partial charge in [-0.2, -0.15) is 0 Å². The Kier molecular flexibility index (Phi) is 7.48. The van der Waals surface area contributed by atoms with Gasteiger partial charge in [0.25, 0.3) is 5.91 Å². The van der Waals surface area contributed by atoms with E-state index in [0.29, 0.717) is 39.6 Å². The minimum atomic E-state index is -0.735. The standard InChI is InChI=1S/C23H29ClN2O4/c1-13(2)12-26(22(28)17-10-8-9-11-18(17)24)16(5)21(27)19-14(3)20(23(29)30-7)25(6)15(19)4/h8-11,13,16H,12H2,1-7H3. The van der Waals surface area contributed by atoms with Crippen molar-refractivity contribution in [2.45, 2.75) is 40.7 Å². The normalized spacial score (nSPS) is 12.0. The minimum absolute atomic E-state index is 0.148. The van der Waals surface area contributed by atoms with Crippen LogP contribution in [0.1, 0.15) is 63.2 Å². The molecule has 0 saturated heterocycles. The molecule has 0 aliphatic rings. The highest BCUT2D eigenvalue weighted by Crippen LogP contribution is 2.26. The molecule has 0 saturated carbocycles. The van der Waals surface area contributed by atoms with Crippen molar-refractivity contribution in [2.75, 3.05) is 13.7 Å². The number of halogens is 1. The molecule has 0 spiro atoms. The van der Waals surface area contributed by atoms with E-state index in [4.69, 9.17) is 16.3 Å². The monoisotopic (exact) mass is 432 g/mol. The summed E-state index contributed by atoms with van der Waals surface area (Å²) in [6.07, 6.45) is 0. The highest BCUT2D eigenvalue weighted by molar-refractivity contribution is 6.33. The number of hydrogen-bond donors (Lipinski definition) is 0. The minimum Gasteiger partial charge on any atom is -0.464 e. The summed E-state index contributed by atoms with van der Waals surface area (Å²) in [6.45, 7) is 9.58. The molecule has 1 unspecified atom stereocenters. The first-order chi connectivity index (χ1) is 14.0. The molecule has 0 N–H and O–H groups in total. The Bertz CT molecular complexity index is 978. The number of aromatic nitrogens is 1. The molecule has 0 fully saturated rings. The van der Waals surface area contributed by atoms with Crippen LogP contribution in [-0.4, -0.2) is 46.8 Å². The van der Waals surface area contributed by atoms with Crippen molar-refractivity contribution in [3.05, 3.63) is 57.4 Å². The highest BCUT2D eigenvalue weighted by atomic mass is 35.5. The average Bonchev–Trinajstić information content (AvgIpc) is 2.92. The van der Waals surface area contributed by atoms with Crippen LogP contribution in [0, 0.1) is 19.8 Å². The lowest BCUT2D eigenvalue weighted by atomic mass is 9.98. The van der Waals surface area contributed by atoms with Gasteiger partial charge in [0.15, 0.2) is 5.78 Å². The van der Waals surface area contributed by atoms with Gasteiger partial charge in [-0.3, -0.25) is 9.59 Å². The number of methoxy groups -OCH3 is 1. The van der Waals surface area contributed by atoms with E-state index in [1.54, 1.807) is 61.6 Å². The Morgan fingerprint density at radius 1 is 1.13 bits per heavy atom.